The first-order valence-electron chi connectivity index (χ1n) is 7.01. The average molecular weight is 298 g/mol. The first-order chi connectivity index (χ1) is 10.6. The van der Waals surface area contributed by atoms with Crippen LogP contribution in [0.15, 0.2) is 48.5 Å². The summed E-state index contributed by atoms with van der Waals surface area (Å²) in [7, 11) is 0. The molecule has 2 aromatic rings. The van der Waals surface area contributed by atoms with E-state index in [1.165, 1.54) is 6.07 Å². The largest absolute Gasteiger partial charge is 0.371 e. The van der Waals surface area contributed by atoms with Crippen molar-refractivity contribution >= 4 is 23.2 Å². The van der Waals surface area contributed by atoms with E-state index in [2.05, 4.69) is 5.32 Å². The highest BCUT2D eigenvalue weighted by molar-refractivity contribution is 6.23. The zero-order valence-electron chi connectivity index (χ0n) is 12.0. The molecule has 4 nitrogen and oxygen atoms in total. The molecule has 1 fully saturated rings. The highest BCUT2D eigenvalue weighted by Gasteiger charge is 2.39. The summed E-state index contributed by atoms with van der Waals surface area (Å²) in [6, 6.07) is 12.5. The molecule has 0 spiro atoms. The molecule has 1 atom stereocenters. The first-order valence-corrected chi connectivity index (χ1v) is 7.01. The van der Waals surface area contributed by atoms with E-state index in [4.69, 9.17) is 0 Å². The topological polar surface area (TPSA) is 49.4 Å². The van der Waals surface area contributed by atoms with Gasteiger partial charge in [0, 0.05) is 0 Å². The minimum Gasteiger partial charge on any atom is -0.371 e. The first kappa shape index (κ1) is 14.3. The van der Waals surface area contributed by atoms with Crippen molar-refractivity contribution in [3.8, 4) is 0 Å². The highest BCUT2D eigenvalue weighted by atomic mass is 19.1. The number of hydrogen-bond acceptors (Lipinski definition) is 3. The molecule has 0 bridgehead atoms. The predicted molar refractivity (Wildman–Crippen MR) is 82.1 cm³/mol. The summed E-state index contributed by atoms with van der Waals surface area (Å²) < 4.78 is 13.7. The molecule has 2 aromatic carbocycles. The summed E-state index contributed by atoms with van der Waals surface area (Å²) in [6.07, 6.45) is 0.0150. The van der Waals surface area contributed by atoms with Gasteiger partial charge in [0.15, 0.2) is 0 Å². The van der Waals surface area contributed by atoms with Gasteiger partial charge in [-0.05, 0) is 36.8 Å². The van der Waals surface area contributed by atoms with Gasteiger partial charge in [0.2, 0.25) is 5.91 Å². The molecule has 1 aliphatic rings. The second kappa shape index (κ2) is 5.60. The van der Waals surface area contributed by atoms with Crippen LogP contribution in [0.2, 0.25) is 0 Å². The van der Waals surface area contributed by atoms with Crippen LogP contribution in [0.25, 0.3) is 0 Å². The molecule has 1 N–H and O–H groups in total. The third-order valence-electron chi connectivity index (χ3n) is 3.61. The third-order valence-corrected chi connectivity index (χ3v) is 3.61. The molecule has 3 rings (SSSR count). The van der Waals surface area contributed by atoms with Crippen molar-refractivity contribution in [2.45, 2.75) is 19.4 Å². The Morgan fingerprint density at radius 2 is 1.91 bits per heavy atom. The maximum absolute atomic E-state index is 13.7. The summed E-state index contributed by atoms with van der Waals surface area (Å²) in [6.45, 7) is 1.89. The SMILES string of the molecule is Cc1cccc(N2C(=O)C[C@@H](Nc3ccccc3F)C2=O)c1. The number of para-hydroxylation sites is 1. The monoisotopic (exact) mass is 298 g/mol. The van der Waals surface area contributed by atoms with Crippen LogP contribution in [-0.2, 0) is 9.59 Å². The van der Waals surface area contributed by atoms with Crippen molar-refractivity contribution in [1.29, 1.82) is 0 Å². The molecule has 0 unspecified atom stereocenters. The van der Waals surface area contributed by atoms with E-state index in [1.807, 2.05) is 13.0 Å². The highest BCUT2D eigenvalue weighted by Crippen LogP contribution is 2.26. The van der Waals surface area contributed by atoms with E-state index in [0.29, 0.717) is 5.69 Å². The summed E-state index contributed by atoms with van der Waals surface area (Å²) in [5.41, 5.74) is 1.73. The molecular weight excluding hydrogens is 283 g/mol. The number of rotatable bonds is 3. The minimum atomic E-state index is -0.745. The van der Waals surface area contributed by atoms with Gasteiger partial charge in [-0.25, -0.2) is 9.29 Å². The van der Waals surface area contributed by atoms with Gasteiger partial charge in [0.05, 0.1) is 17.8 Å². The Morgan fingerprint density at radius 1 is 1.14 bits per heavy atom. The maximum Gasteiger partial charge on any atom is 0.256 e. The number of aryl methyl sites for hydroxylation is 1. The number of carbonyl (C=O) groups is 2. The molecule has 112 valence electrons. The summed E-state index contributed by atoms with van der Waals surface area (Å²) in [5.74, 6) is -1.10. The van der Waals surface area contributed by atoms with Crippen molar-refractivity contribution in [3.05, 3.63) is 59.9 Å². The molecular formula is C17H15FN2O2. The fraction of sp³-hybridized carbons (Fsp3) is 0.176. The third kappa shape index (κ3) is 2.57. The number of benzene rings is 2. The Labute approximate surface area is 127 Å². The van der Waals surface area contributed by atoms with Crippen LogP contribution in [-0.4, -0.2) is 17.9 Å². The number of hydrogen-bond donors (Lipinski definition) is 1. The van der Waals surface area contributed by atoms with E-state index in [0.717, 1.165) is 10.5 Å². The number of halogens is 1. The van der Waals surface area contributed by atoms with Gasteiger partial charge in [-0.15, -0.1) is 0 Å². The number of carbonyl (C=O) groups excluding carboxylic acids is 2. The molecule has 1 aliphatic heterocycles. The van der Waals surface area contributed by atoms with Gasteiger partial charge in [-0.2, -0.15) is 0 Å². The minimum absolute atomic E-state index is 0.0150. The standard InChI is InChI=1S/C17H15FN2O2/c1-11-5-4-6-12(9-11)20-16(21)10-15(17(20)22)19-14-8-3-2-7-13(14)18/h2-9,15,19H,10H2,1H3/t15-/m1/s1. The lowest BCUT2D eigenvalue weighted by molar-refractivity contribution is -0.121. The van der Waals surface area contributed by atoms with E-state index in [-0.39, 0.29) is 23.9 Å². The Bertz CT molecular complexity index is 745. The van der Waals surface area contributed by atoms with Crippen LogP contribution in [0.5, 0.6) is 0 Å². The number of imide groups is 1. The normalized spacial score (nSPS) is 17.9. The average Bonchev–Trinajstić information content (AvgIpc) is 2.76. The van der Waals surface area contributed by atoms with Crippen LogP contribution in [0.4, 0.5) is 15.8 Å². The molecule has 2 amide bonds. The lowest BCUT2D eigenvalue weighted by atomic mass is 10.2. The molecule has 0 radical (unpaired) electrons. The van der Waals surface area contributed by atoms with Gasteiger partial charge in [-0.3, -0.25) is 9.59 Å². The fourth-order valence-corrected chi connectivity index (χ4v) is 2.55. The summed E-state index contributed by atoms with van der Waals surface area (Å²) in [4.78, 5) is 25.8. The zero-order chi connectivity index (χ0) is 15.7. The van der Waals surface area contributed by atoms with Gasteiger partial charge in [-0.1, -0.05) is 24.3 Å². The van der Waals surface area contributed by atoms with Gasteiger partial charge < -0.3 is 5.32 Å². The second-order valence-electron chi connectivity index (χ2n) is 5.29. The Balaban J connectivity index is 1.84. The smallest absolute Gasteiger partial charge is 0.256 e. The van der Waals surface area contributed by atoms with Gasteiger partial charge >= 0.3 is 0 Å². The van der Waals surface area contributed by atoms with Crippen molar-refractivity contribution < 1.29 is 14.0 Å². The molecule has 0 saturated carbocycles. The summed E-state index contributed by atoms with van der Waals surface area (Å²) >= 11 is 0. The van der Waals surface area contributed by atoms with Crippen LogP contribution >= 0.6 is 0 Å². The van der Waals surface area contributed by atoms with Crippen molar-refractivity contribution in [2.75, 3.05) is 10.2 Å². The Hall–Kier alpha value is -2.69. The number of amides is 2. The van der Waals surface area contributed by atoms with E-state index < -0.39 is 11.9 Å². The van der Waals surface area contributed by atoms with Crippen LogP contribution in [0.3, 0.4) is 0 Å². The Morgan fingerprint density at radius 3 is 2.64 bits per heavy atom. The maximum atomic E-state index is 13.7. The molecule has 22 heavy (non-hydrogen) atoms. The Kier molecular flexibility index (Phi) is 3.63. The molecule has 1 heterocycles. The van der Waals surface area contributed by atoms with Gasteiger partial charge in [0.25, 0.3) is 5.91 Å². The lowest BCUT2D eigenvalue weighted by Crippen LogP contribution is -2.35. The van der Waals surface area contributed by atoms with Crippen LogP contribution in [0, 0.1) is 12.7 Å². The fourth-order valence-electron chi connectivity index (χ4n) is 2.55. The van der Waals surface area contributed by atoms with Crippen LogP contribution in [0.1, 0.15) is 12.0 Å². The number of nitrogens with zero attached hydrogens (tertiary/aromatic N) is 1. The van der Waals surface area contributed by atoms with Crippen molar-refractivity contribution in [3.63, 3.8) is 0 Å². The van der Waals surface area contributed by atoms with E-state index in [9.17, 15) is 14.0 Å². The zero-order valence-corrected chi connectivity index (χ0v) is 12.0. The molecule has 1 saturated heterocycles. The lowest BCUT2D eigenvalue weighted by Gasteiger charge is -2.16. The van der Waals surface area contributed by atoms with Crippen molar-refractivity contribution in [2.24, 2.45) is 0 Å². The molecule has 0 aliphatic carbocycles. The van der Waals surface area contributed by atoms with Gasteiger partial charge in [0.1, 0.15) is 11.9 Å². The molecule has 5 heteroatoms. The molecule has 0 aromatic heterocycles. The van der Waals surface area contributed by atoms with Crippen LogP contribution < -0.4 is 10.2 Å². The summed E-state index contributed by atoms with van der Waals surface area (Å²) in [5, 5.41) is 2.82. The van der Waals surface area contributed by atoms with Crippen molar-refractivity contribution in [1.82, 2.24) is 0 Å². The van der Waals surface area contributed by atoms with E-state index in [1.54, 1.807) is 36.4 Å². The predicted octanol–water partition coefficient (Wildman–Crippen LogP) is 2.88. The number of anilines is 2. The van der Waals surface area contributed by atoms with E-state index >= 15 is 0 Å². The number of nitrogens with one attached hydrogen (secondary N) is 1. The second-order valence-corrected chi connectivity index (χ2v) is 5.29. The quantitative estimate of drug-likeness (QED) is 0.886.